The van der Waals surface area contributed by atoms with Gasteiger partial charge in [0, 0.05) is 0 Å². The van der Waals surface area contributed by atoms with Gasteiger partial charge < -0.3 is 0 Å². The molecule has 0 unspecified atom stereocenters. The molecule has 132 valence electrons. The zero-order valence-corrected chi connectivity index (χ0v) is 18.3. The van der Waals surface area contributed by atoms with E-state index in [1.165, 1.54) is 57.6 Å². The van der Waals surface area contributed by atoms with Gasteiger partial charge in [-0.15, -0.1) is 0 Å². The van der Waals surface area contributed by atoms with Gasteiger partial charge in [-0.3, -0.25) is 0 Å². The van der Waals surface area contributed by atoms with Gasteiger partial charge in [0.15, 0.2) is 0 Å². The molecule has 0 spiro atoms. The molecule has 0 radical (unpaired) electrons. The van der Waals surface area contributed by atoms with Gasteiger partial charge in [-0.05, 0) is 0 Å². The first-order valence-electron chi connectivity index (χ1n) is 9.63. The Bertz CT molecular complexity index is 944. The summed E-state index contributed by atoms with van der Waals surface area (Å²) in [7, 11) is 0. The molecule has 0 bridgehead atoms. The van der Waals surface area contributed by atoms with E-state index in [-0.39, 0.29) is 0 Å². The summed E-state index contributed by atoms with van der Waals surface area (Å²) in [4.78, 5) is 0. The van der Waals surface area contributed by atoms with Crippen LogP contribution < -0.4 is 0 Å². The van der Waals surface area contributed by atoms with Crippen LogP contribution in [0.2, 0.25) is 0 Å². The molecule has 0 nitrogen and oxygen atoms in total. The summed E-state index contributed by atoms with van der Waals surface area (Å²) in [6, 6.07) is 39.2. The zero-order chi connectivity index (χ0) is 19.2. The second-order valence-corrected chi connectivity index (χ2v) is 8.82. The minimum atomic E-state index is 1.06. The molecule has 4 aromatic rings. The number of rotatable bonds is 6. The summed E-state index contributed by atoms with van der Waals surface area (Å²) >= 11 is 1.52. The molecule has 0 saturated heterocycles. The Morgan fingerprint density at radius 1 is 0.429 bits per heavy atom. The van der Waals surface area contributed by atoms with Gasteiger partial charge in [0.25, 0.3) is 0 Å². The molecule has 4 rings (SSSR count). The van der Waals surface area contributed by atoms with Crippen molar-refractivity contribution in [2.45, 2.75) is 12.8 Å². The van der Waals surface area contributed by atoms with Crippen LogP contribution in [0.5, 0.6) is 0 Å². The van der Waals surface area contributed by atoms with Crippen LogP contribution in [0, 0.1) is 0 Å². The van der Waals surface area contributed by atoms with E-state index in [1.54, 1.807) is 3.21 Å². The van der Waals surface area contributed by atoms with Crippen LogP contribution in [-0.4, -0.2) is 3.21 Å². The molecule has 0 heterocycles. The predicted molar refractivity (Wildman–Crippen MR) is 116 cm³/mol. The Labute approximate surface area is 182 Å². The van der Waals surface area contributed by atoms with Gasteiger partial charge in [0.2, 0.25) is 0 Å². The molecule has 1 heteroatoms. The third-order valence-corrected chi connectivity index (χ3v) is 5.83. The minimum absolute atomic E-state index is 1.06. The standard InChI is InChI=1S/C27H22.Zr/c1-3-10-24(11-4-1)26-18-14-22(15-19-26)8-7-9-23-16-20-27(21-17-23)25-12-5-2-6-13-25;/h1-6,10-21H,8-9H2;/q;+2. The molecule has 4 aromatic carbocycles. The van der Waals surface area contributed by atoms with Crippen molar-refractivity contribution in [2.75, 3.05) is 0 Å². The maximum absolute atomic E-state index is 2.27. The van der Waals surface area contributed by atoms with Crippen molar-refractivity contribution in [1.82, 2.24) is 0 Å². The van der Waals surface area contributed by atoms with Crippen LogP contribution in [0.15, 0.2) is 109 Å². The van der Waals surface area contributed by atoms with Crippen molar-refractivity contribution in [3.63, 3.8) is 0 Å². The molecule has 0 aliphatic carbocycles. The molecule has 0 aromatic heterocycles. The molecule has 0 aliphatic rings. The van der Waals surface area contributed by atoms with Gasteiger partial charge in [-0.2, -0.15) is 0 Å². The topological polar surface area (TPSA) is 0 Å². The van der Waals surface area contributed by atoms with Gasteiger partial charge in [0.05, 0.1) is 0 Å². The van der Waals surface area contributed by atoms with E-state index in [4.69, 9.17) is 0 Å². The van der Waals surface area contributed by atoms with Crippen LogP contribution >= 0.6 is 0 Å². The fourth-order valence-corrected chi connectivity index (χ4v) is 4.45. The van der Waals surface area contributed by atoms with E-state index >= 15 is 0 Å². The normalized spacial score (nSPS) is 10.6. The molecule has 0 N–H and O–H groups in total. The van der Waals surface area contributed by atoms with Crippen molar-refractivity contribution >= 4 is 3.21 Å². The Morgan fingerprint density at radius 3 is 1.11 bits per heavy atom. The van der Waals surface area contributed by atoms with E-state index in [0.717, 1.165) is 12.8 Å². The first-order chi connectivity index (χ1) is 13.8. The molecule has 0 amide bonds. The quantitative estimate of drug-likeness (QED) is 0.322. The Balaban J connectivity index is 1.38. The number of hydrogen-bond donors (Lipinski definition) is 0. The third kappa shape index (κ3) is 4.91. The molecule has 0 aliphatic heterocycles. The fraction of sp³-hybridized carbons (Fsp3) is 0.0741. The molecular formula is C27H22Zr+2. The fourth-order valence-electron chi connectivity index (χ4n) is 3.45. The first-order valence-corrected chi connectivity index (χ1v) is 10.9. The average Bonchev–Trinajstić information content (AvgIpc) is 2.76. The SMILES string of the molecule is [Zr+2]=[C](Cc1ccc(-c2ccccc2)cc1)Cc1ccc(-c2ccccc2)cc1. The van der Waals surface area contributed by atoms with E-state index in [9.17, 15) is 0 Å². The maximum atomic E-state index is 2.27. The van der Waals surface area contributed by atoms with Crippen molar-refractivity contribution in [3.05, 3.63) is 120 Å². The summed E-state index contributed by atoms with van der Waals surface area (Å²) in [5, 5.41) is 0. The third-order valence-electron chi connectivity index (χ3n) is 4.96. The van der Waals surface area contributed by atoms with Crippen LogP contribution in [0.25, 0.3) is 22.3 Å². The van der Waals surface area contributed by atoms with Gasteiger partial charge in [-0.1, -0.05) is 0 Å². The zero-order valence-electron chi connectivity index (χ0n) is 15.8. The predicted octanol–water partition coefficient (Wildman–Crippen LogP) is 6.53. The Morgan fingerprint density at radius 2 is 0.750 bits per heavy atom. The van der Waals surface area contributed by atoms with Crippen molar-refractivity contribution in [3.8, 4) is 22.3 Å². The van der Waals surface area contributed by atoms with Crippen LogP contribution in [-0.2, 0) is 37.1 Å². The van der Waals surface area contributed by atoms with Crippen molar-refractivity contribution in [1.29, 1.82) is 0 Å². The summed E-state index contributed by atoms with van der Waals surface area (Å²) in [5.41, 5.74) is 7.91. The Kier molecular flexibility index (Phi) is 6.25. The van der Waals surface area contributed by atoms with E-state index in [0.29, 0.717) is 0 Å². The van der Waals surface area contributed by atoms with E-state index in [2.05, 4.69) is 109 Å². The second-order valence-electron chi connectivity index (χ2n) is 7.08. The van der Waals surface area contributed by atoms with Crippen LogP contribution in [0.3, 0.4) is 0 Å². The average molecular weight is 438 g/mol. The van der Waals surface area contributed by atoms with Gasteiger partial charge >= 0.3 is 183 Å². The summed E-state index contributed by atoms with van der Waals surface area (Å²) in [6.07, 6.45) is 2.13. The Hall–Kier alpha value is -2.37. The van der Waals surface area contributed by atoms with Crippen molar-refractivity contribution in [2.24, 2.45) is 0 Å². The molecule has 0 fully saturated rings. The molecular weight excluding hydrogens is 416 g/mol. The molecule has 0 saturated carbocycles. The number of benzene rings is 4. The van der Waals surface area contributed by atoms with E-state index in [1.807, 2.05) is 0 Å². The van der Waals surface area contributed by atoms with Crippen LogP contribution in [0.4, 0.5) is 0 Å². The molecule has 0 atom stereocenters. The first kappa shape index (κ1) is 19.0. The summed E-state index contributed by atoms with van der Waals surface area (Å²) in [5.74, 6) is 0. The second kappa shape index (κ2) is 9.22. The summed E-state index contributed by atoms with van der Waals surface area (Å²) < 4.78 is 1.58. The monoisotopic (exact) mass is 436 g/mol. The van der Waals surface area contributed by atoms with E-state index < -0.39 is 0 Å². The summed E-state index contributed by atoms with van der Waals surface area (Å²) in [6.45, 7) is 0. The van der Waals surface area contributed by atoms with Crippen LogP contribution in [0.1, 0.15) is 11.1 Å². The number of hydrogen-bond acceptors (Lipinski definition) is 0. The van der Waals surface area contributed by atoms with Gasteiger partial charge in [-0.25, -0.2) is 0 Å². The molecule has 28 heavy (non-hydrogen) atoms. The van der Waals surface area contributed by atoms with Gasteiger partial charge in [0.1, 0.15) is 0 Å². The van der Waals surface area contributed by atoms with Crippen molar-refractivity contribution < 1.29 is 24.2 Å².